The third-order valence-corrected chi connectivity index (χ3v) is 3.32. The molecule has 0 aliphatic rings. The molecular weight excluding hydrogens is 276 g/mol. The summed E-state index contributed by atoms with van der Waals surface area (Å²) in [6.45, 7) is 6.45. The van der Waals surface area contributed by atoms with E-state index < -0.39 is 6.10 Å². The van der Waals surface area contributed by atoms with E-state index in [2.05, 4.69) is 5.10 Å². The van der Waals surface area contributed by atoms with Crippen molar-refractivity contribution in [2.24, 2.45) is 0 Å². The number of ether oxygens (including phenoxy) is 1. The summed E-state index contributed by atoms with van der Waals surface area (Å²) in [7, 11) is 0. The predicted octanol–water partition coefficient (Wildman–Crippen LogP) is 2.90. The summed E-state index contributed by atoms with van der Waals surface area (Å²) in [5.74, 6) is 0.596. The van der Waals surface area contributed by atoms with E-state index in [1.807, 2.05) is 39.0 Å². The average molecular weight is 295 g/mol. The molecule has 2 aromatic rings. The van der Waals surface area contributed by atoms with E-state index in [1.54, 1.807) is 10.7 Å². The molecule has 0 fully saturated rings. The molecule has 0 aliphatic heterocycles. The Morgan fingerprint density at radius 3 is 2.70 bits per heavy atom. The number of aliphatic hydroxyl groups is 1. The first kappa shape index (κ1) is 14.9. The summed E-state index contributed by atoms with van der Waals surface area (Å²) in [4.78, 5) is 0. The maximum atomic E-state index is 10.0. The standard InChI is InChI=1S/C15H19ClN2O2/c1-10-4-5-14(16)15(6-10)20-9-13(19)8-18-12(3)7-11(2)17-18/h4-7,13,19H,8-9H2,1-3H3/t13-/m1/s1. The van der Waals surface area contributed by atoms with Gasteiger partial charge in [0.1, 0.15) is 18.5 Å². The lowest BCUT2D eigenvalue weighted by Crippen LogP contribution is -2.24. The van der Waals surface area contributed by atoms with Crippen LogP contribution in [-0.2, 0) is 6.54 Å². The second-order valence-electron chi connectivity index (χ2n) is 5.01. The van der Waals surface area contributed by atoms with E-state index in [-0.39, 0.29) is 6.61 Å². The second kappa shape index (κ2) is 6.29. The highest BCUT2D eigenvalue weighted by atomic mass is 35.5. The lowest BCUT2D eigenvalue weighted by molar-refractivity contribution is 0.0887. The summed E-state index contributed by atoms with van der Waals surface area (Å²) < 4.78 is 7.35. The Morgan fingerprint density at radius 1 is 1.30 bits per heavy atom. The number of hydrogen-bond acceptors (Lipinski definition) is 3. The van der Waals surface area contributed by atoms with Crippen molar-refractivity contribution in [3.8, 4) is 5.75 Å². The quantitative estimate of drug-likeness (QED) is 0.922. The summed E-state index contributed by atoms with van der Waals surface area (Å²) in [5.41, 5.74) is 3.03. The fourth-order valence-corrected chi connectivity index (χ4v) is 2.19. The minimum Gasteiger partial charge on any atom is -0.489 e. The summed E-state index contributed by atoms with van der Waals surface area (Å²) in [6.07, 6.45) is -0.635. The molecule has 1 atom stereocenters. The van der Waals surface area contributed by atoms with Gasteiger partial charge < -0.3 is 9.84 Å². The van der Waals surface area contributed by atoms with Crippen LogP contribution in [0.3, 0.4) is 0 Å². The van der Waals surface area contributed by atoms with Gasteiger partial charge in [0, 0.05) is 5.69 Å². The maximum absolute atomic E-state index is 10.0. The summed E-state index contributed by atoms with van der Waals surface area (Å²) >= 11 is 6.04. The highest BCUT2D eigenvalue weighted by Gasteiger charge is 2.11. The van der Waals surface area contributed by atoms with E-state index >= 15 is 0 Å². The molecule has 0 spiro atoms. The number of aliphatic hydroxyl groups excluding tert-OH is 1. The molecule has 0 aliphatic carbocycles. The first-order valence-electron chi connectivity index (χ1n) is 6.54. The fourth-order valence-electron chi connectivity index (χ4n) is 2.02. The Morgan fingerprint density at radius 2 is 2.05 bits per heavy atom. The van der Waals surface area contributed by atoms with Crippen molar-refractivity contribution in [1.29, 1.82) is 0 Å². The van der Waals surface area contributed by atoms with Crippen molar-refractivity contribution in [1.82, 2.24) is 9.78 Å². The second-order valence-corrected chi connectivity index (χ2v) is 5.42. The zero-order chi connectivity index (χ0) is 14.7. The molecule has 0 radical (unpaired) electrons. The first-order chi connectivity index (χ1) is 9.45. The van der Waals surface area contributed by atoms with Gasteiger partial charge in [0.25, 0.3) is 0 Å². The van der Waals surface area contributed by atoms with Crippen LogP contribution in [0, 0.1) is 20.8 Å². The molecule has 4 nitrogen and oxygen atoms in total. The number of aromatic nitrogens is 2. The largest absolute Gasteiger partial charge is 0.489 e. The zero-order valence-electron chi connectivity index (χ0n) is 11.9. The van der Waals surface area contributed by atoms with E-state index in [1.165, 1.54) is 0 Å². The van der Waals surface area contributed by atoms with Gasteiger partial charge in [-0.1, -0.05) is 17.7 Å². The molecule has 1 aromatic heterocycles. The smallest absolute Gasteiger partial charge is 0.138 e. The molecule has 20 heavy (non-hydrogen) atoms. The molecule has 1 heterocycles. The Bertz CT molecular complexity index is 596. The van der Waals surface area contributed by atoms with Crippen LogP contribution in [0.5, 0.6) is 5.75 Å². The molecule has 5 heteroatoms. The van der Waals surface area contributed by atoms with Crippen LogP contribution in [0.1, 0.15) is 17.0 Å². The van der Waals surface area contributed by atoms with Gasteiger partial charge in [0.05, 0.1) is 17.3 Å². The van der Waals surface area contributed by atoms with Crippen molar-refractivity contribution in [2.45, 2.75) is 33.4 Å². The molecule has 0 bridgehead atoms. The van der Waals surface area contributed by atoms with Gasteiger partial charge in [-0.3, -0.25) is 4.68 Å². The lowest BCUT2D eigenvalue weighted by atomic mass is 10.2. The van der Waals surface area contributed by atoms with Gasteiger partial charge >= 0.3 is 0 Å². The van der Waals surface area contributed by atoms with Crippen molar-refractivity contribution in [3.63, 3.8) is 0 Å². The highest BCUT2D eigenvalue weighted by molar-refractivity contribution is 6.32. The molecule has 0 saturated carbocycles. The van der Waals surface area contributed by atoms with Crippen molar-refractivity contribution >= 4 is 11.6 Å². The van der Waals surface area contributed by atoms with E-state index in [0.717, 1.165) is 17.0 Å². The predicted molar refractivity (Wildman–Crippen MR) is 79.4 cm³/mol. The molecular formula is C15H19ClN2O2. The molecule has 108 valence electrons. The molecule has 2 rings (SSSR count). The Kier molecular flexibility index (Phi) is 4.68. The third kappa shape index (κ3) is 3.74. The molecule has 1 aromatic carbocycles. The van der Waals surface area contributed by atoms with Crippen molar-refractivity contribution in [3.05, 3.63) is 46.2 Å². The van der Waals surface area contributed by atoms with Crippen molar-refractivity contribution in [2.75, 3.05) is 6.61 Å². The first-order valence-corrected chi connectivity index (χ1v) is 6.91. The fraction of sp³-hybridized carbons (Fsp3) is 0.400. The van der Waals surface area contributed by atoms with Crippen LogP contribution in [0.4, 0.5) is 0 Å². The normalized spacial score (nSPS) is 12.4. The van der Waals surface area contributed by atoms with Crippen LogP contribution in [-0.4, -0.2) is 27.6 Å². The van der Waals surface area contributed by atoms with Gasteiger partial charge in [-0.2, -0.15) is 5.10 Å². The number of rotatable bonds is 5. The van der Waals surface area contributed by atoms with Crippen LogP contribution in [0.15, 0.2) is 24.3 Å². The molecule has 0 amide bonds. The van der Waals surface area contributed by atoms with Gasteiger partial charge in [0.15, 0.2) is 0 Å². The number of halogens is 1. The minimum absolute atomic E-state index is 0.182. The molecule has 0 saturated heterocycles. The number of hydrogen-bond donors (Lipinski definition) is 1. The van der Waals surface area contributed by atoms with E-state index in [0.29, 0.717) is 17.3 Å². The Hall–Kier alpha value is -1.52. The monoisotopic (exact) mass is 294 g/mol. The van der Waals surface area contributed by atoms with Crippen LogP contribution in [0.25, 0.3) is 0 Å². The van der Waals surface area contributed by atoms with Gasteiger partial charge in [-0.15, -0.1) is 0 Å². The molecule has 1 N–H and O–H groups in total. The zero-order valence-corrected chi connectivity index (χ0v) is 12.7. The van der Waals surface area contributed by atoms with Gasteiger partial charge in [-0.25, -0.2) is 0 Å². The van der Waals surface area contributed by atoms with Gasteiger partial charge in [0.2, 0.25) is 0 Å². The minimum atomic E-state index is -0.635. The van der Waals surface area contributed by atoms with Crippen molar-refractivity contribution < 1.29 is 9.84 Å². The number of aryl methyl sites for hydroxylation is 3. The van der Waals surface area contributed by atoms with Crippen LogP contribution >= 0.6 is 11.6 Å². The Labute approximate surface area is 123 Å². The Balaban J connectivity index is 1.93. The maximum Gasteiger partial charge on any atom is 0.138 e. The average Bonchev–Trinajstić information content (AvgIpc) is 2.69. The van der Waals surface area contributed by atoms with Crippen LogP contribution < -0.4 is 4.74 Å². The molecule has 0 unspecified atom stereocenters. The van der Waals surface area contributed by atoms with Gasteiger partial charge in [-0.05, 0) is 44.5 Å². The lowest BCUT2D eigenvalue weighted by Gasteiger charge is -2.14. The SMILES string of the molecule is Cc1ccc(Cl)c(OC[C@H](O)Cn2nc(C)cc2C)c1. The third-order valence-electron chi connectivity index (χ3n) is 3.00. The summed E-state index contributed by atoms with van der Waals surface area (Å²) in [5, 5.41) is 14.9. The summed E-state index contributed by atoms with van der Waals surface area (Å²) in [6, 6.07) is 7.55. The number of nitrogens with zero attached hydrogens (tertiary/aromatic N) is 2. The van der Waals surface area contributed by atoms with Crippen LogP contribution in [0.2, 0.25) is 5.02 Å². The topological polar surface area (TPSA) is 47.3 Å². The van der Waals surface area contributed by atoms with E-state index in [4.69, 9.17) is 16.3 Å². The highest BCUT2D eigenvalue weighted by Crippen LogP contribution is 2.25. The number of benzene rings is 1. The van der Waals surface area contributed by atoms with E-state index in [9.17, 15) is 5.11 Å².